The molecule has 9 aromatic rings. The van der Waals surface area contributed by atoms with Crippen LogP contribution >= 0.6 is 0 Å². The van der Waals surface area contributed by atoms with E-state index in [4.69, 9.17) is 4.42 Å². The molecule has 0 radical (unpaired) electrons. The number of furan rings is 1. The third-order valence-electron chi connectivity index (χ3n) is 9.22. The summed E-state index contributed by atoms with van der Waals surface area (Å²) >= 11 is 0. The predicted octanol–water partition coefficient (Wildman–Crippen LogP) is 13.3. The summed E-state index contributed by atoms with van der Waals surface area (Å²) < 4.78 is 6.30. The van der Waals surface area contributed by atoms with Crippen LogP contribution in [-0.4, -0.2) is 0 Å². The predicted molar refractivity (Wildman–Crippen MR) is 206 cm³/mol. The van der Waals surface area contributed by atoms with Gasteiger partial charge in [0.25, 0.3) is 0 Å². The standard InChI is InChI=1S/C46H32N2O/c1-3-11-33(12-4-1)35-19-22-38(23-20-35)48(41-24-21-34-13-7-8-14-36(34)31-41)40-27-25-39(26-28-40)47(37-15-5-2-6-16-37)42-29-30-44-43-17-9-10-18-45(43)49-46(44)32-42/h1-32H. The van der Waals surface area contributed by atoms with Gasteiger partial charge < -0.3 is 14.2 Å². The number of benzene rings is 8. The molecule has 0 N–H and O–H groups in total. The van der Waals surface area contributed by atoms with Crippen LogP contribution in [0.15, 0.2) is 199 Å². The van der Waals surface area contributed by atoms with Gasteiger partial charge in [-0.2, -0.15) is 0 Å². The molecule has 1 aromatic heterocycles. The Balaban J connectivity index is 1.14. The number of nitrogens with zero attached hydrogens (tertiary/aromatic N) is 2. The minimum Gasteiger partial charge on any atom is -0.456 e. The van der Waals surface area contributed by atoms with Gasteiger partial charge in [0.1, 0.15) is 11.2 Å². The molecule has 0 aliphatic carbocycles. The van der Waals surface area contributed by atoms with Crippen molar-refractivity contribution in [1.82, 2.24) is 0 Å². The van der Waals surface area contributed by atoms with E-state index in [1.54, 1.807) is 0 Å². The summed E-state index contributed by atoms with van der Waals surface area (Å²) in [5.41, 5.74) is 10.6. The van der Waals surface area contributed by atoms with Crippen molar-refractivity contribution in [2.24, 2.45) is 0 Å². The van der Waals surface area contributed by atoms with Gasteiger partial charge in [-0.3, -0.25) is 0 Å². The molecule has 8 aromatic carbocycles. The largest absolute Gasteiger partial charge is 0.456 e. The molecule has 0 atom stereocenters. The van der Waals surface area contributed by atoms with E-state index in [0.29, 0.717) is 0 Å². The molecule has 0 aliphatic rings. The Kier molecular flexibility index (Phi) is 7.14. The van der Waals surface area contributed by atoms with Crippen LogP contribution in [0.5, 0.6) is 0 Å². The summed E-state index contributed by atoms with van der Waals surface area (Å²) in [5.74, 6) is 0. The van der Waals surface area contributed by atoms with Gasteiger partial charge in [-0.25, -0.2) is 0 Å². The highest BCUT2D eigenvalue weighted by atomic mass is 16.3. The maximum absolute atomic E-state index is 6.30. The highest BCUT2D eigenvalue weighted by molar-refractivity contribution is 6.06. The van der Waals surface area contributed by atoms with Gasteiger partial charge in [0.05, 0.1) is 0 Å². The summed E-state index contributed by atoms with van der Waals surface area (Å²) in [6.45, 7) is 0. The molecule has 0 saturated heterocycles. The lowest BCUT2D eigenvalue weighted by atomic mass is 10.0. The van der Waals surface area contributed by atoms with E-state index in [0.717, 1.165) is 56.1 Å². The van der Waals surface area contributed by atoms with Gasteiger partial charge in [-0.05, 0) is 101 Å². The van der Waals surface area contributed by atoms with Crippen LogP contribution in [0.3, 0.4) is 0 Å². The van der Waals surface area contributed by atoms with Gasteiger partial charge >= 0.3 is 0 Å². The molecule has 232 valence electrons. The highest BCUT2D eigenvalue weighted by Crippen LogP contribution is 2.41. The van der Waals surface area contributed by atoms with Crippen LogP contribution < -0.4 is 9.80 Å². The second-order valence-corrected chi connectivity index (χ2v) is 12.2. The first-order valence-corrected chi connectivity index (χ1v) is 16.6. The Bertz CT molecular complexity index is 2540. The van der Waals surface area contributed by atoms with Crippen molar-refractivity contribution in [3.05, 3.63) is 194 Å². The molecule has 1 heterocycles. The van der Waals surface area contributed by atoms with Crippen molar-refractivity contribution < 1.29 is 4.42 Å². The number of hydrogen-bond donors (Lipinski definition) is 0. The number of hydrogen-bond acceptors (Lipinski definition) is 3. The lowest BCUT2D eigenvalue weighted by Gasteiger charge is -2.28. The first-order valence-electron chi connectivity index (χ1n) is 16.6. The minimum absolute atomic E-state index is 0.873. The van der Waals surface area contributed by atoms with Crippen LogP contribution in [0, 0.1) is 0 Å². The van der Waals surface area contributed by atoms with Crippen molar-refractivity contribution in [2.75, 3.05) is 9.80 Å². The van der Waals surface area contributed by atoms with E-state index < -0.39 is 0 Å². The fourth-order valence-corrected chi connectivity index (χ4v) is 6.83. The maximum atomic E-state index is 6.30. The Morgan fingerprint density at radius 3 is 1.47 bits per heavy atom. The lowest BCUT2D eigenvalue weighted by Crippen LogP contribution is -2.12. The monoisotopic (exact) mass is 628 g/mol. The average molecular weight is 629 g/mol. The highest BCUT2D eigenvalue weighted by Gasteiger charge is 2.18. The summed E-state index contributed by atoms with van der Waals surface area (Å²) in [7, 11) is 0. The molecule has 3 heteroatoms. The molecule has 9 rings (SSSR count). The van der Waals surface area contributed by atoms with Gasteiger partial charge in [0.2, 0.25) is 0 Å². The zero-order valence-electron chi connectivity index (χ0n) is 26.8. The normalized spacial score (nSPS) is 11.3. The van der Waals surface area contributed by atoms with Crippen molar-refractivity contribution in [3.63, 3.8) is 0 Å². The van der Waals surface area contributed by atoms with Gasteiger partial charge in [-0.15, -0.1) is 0 Å². The first kappa shape index (κ1) is 28.6. The lowest BCUT2D eigenvalue weighted by molar-refractivity contribution is 0.669. The molecular weight excluding hydrogens is 597 g/mol. The van der Waals surface area contributed by atoms with E-state index in [1.165, 1.54) is 21.9 Å². The number of para-hydroxylation sites is 2. The smallest absolute Gasteiger partial charge is 0.137 e. The maximum Gasteiger partial charge on any atom is 0.137 e. The van der Waals surface area contributed by atoms with Crippen LogP contribution in [0.1, 0.15) is 0 Å². The van der Waals surface area contributed by atoms with E-state index in [9.17, 15) is 0 Å². The number of rotatable bonds is 7. The molecule has 0 amide bonds. The van der Waals surface area contributed by atoms with Crippen LogP contribution in [0.4, 0.5) is 34.1 Å². The molecule has 0 aliphatic heterocycles. The summed E-state index contributed by atoms with van der Waals surface area (Å²) in [4.78, 5) is 4.61. The molecule has 0 spiro atoms. The summed E-state index contributed by atoms with van der Waals surface area (Å²) in [5, 5.41) is 4.68. The molecule has 0 bridgehead atoms. The van der Waals surface area contributed by atoms with Crippen LogP contribution in [0.2, 0.25) is 0 Å². The molecule has 3 nitrogen and oxygen atoms in total. The Morgan fingerprint density at radius 2 is 0.755 bits per heavy atom. The van der Waals surface area contributed by atoms with Gasteiger partial charge in [-0.1, -0.05) is 109 Å². The third-order valence-corrected chi connectivity index (χ3v) is 9.22. The Hall–Kier alpha value is -6.58. The minimum atomic E-state index is 0.873. The fourth-order valence-electron chi connectivity index (χ4n) is 6.83. The van der Waals surface area contributed by atoms with Crippen molar-refractivity contribution in [2.45, 2.75) is 0 Å². The van der Waals surface area contributed by atoms with E-state index in [-0.39, 0.29) is 0 Å². The van der Waals surface area contributed by atoms with Crippen LogP contribution in [0.25, 0.3) is 43.8 Å². The van der Waals surface area contributed by atoms with Crippen LogP contribution in [-0.2, 0) is 0 Å². The first-order chi connectivity index (χ1) is 24.3. The molecule has 0 saturated carbocycles. The second-order valence-electron chi connectivity index (χ2n) is 12.2. The molecular formula is C46H32N2O. The summed E-state index contributed by atoms with van der Waals surface area (Å²) in [6.07, 6.45) is 0. The van der Waals surface area contributed by atoms with Crippen molar-refractivity contribution in [3.8, 4) is 11.1 Å². The Labute approximate surface area is 285 Å². The van der Waals surface area contributed by atoms with E-state index in [1.807, 2.05) is 12.1 Å². The zero-order chi connectivity index (χ0) is 32.6. The quantitative estimate of drug-likeness (QED) is 0.175. The van der Waals surface area contributed by atoms with E-state index in [2.05, 4.69) is 192 Å². The van der Waals surface area contributed by atoms with Crippen molar-refractivity contribution in [1.29, 1.82) is 0 Å². The zero-order valence-corrected chi connectivity index (χ0v) is 26.8. The topological polar surface area (TPSA) is 19.6 Å². The molecule has 0 unspecified atom stereocenters. The second kappa shape index (κ2) is 12.2. The fraction of sp³-hybridized carbons (Fsp3) is 0. The molecule has 0 fully saturated rings. The average Bonchev–Trinajstić information content (AvgIpc) is 3.55. The third kappa shape index (κ3) is 5.38. The number of fused-ring (bicyclic) bond motifs is 4. The van der Waals surface area contributed by atoms with Crippen molar-refractivity contribution >= 4 is 66.8 Å². The van der Waals surface area contributed by atoms with Gasteiger partial charge in [0.15, 0.2) is 0 Å². The van der Waals surface area contributed by atoms with Gasteiger partial charge in [0, 0.05) is 51.0 Å². The summed E-state index contributed by atoms with van der Waals surface area (Å²) in [6, 6.07) is 68.6. The Morgan fingerprint density at radius 1 is 0.286 bits per heavy atom. The number of anilines is 6. The van der Waals surface area contributed by atoms with E-state index >= 15 is 0 Å². The SMILES string of the molecule is c1ccc(-c2ccc(N(c3ccc(N(c4ccccc4)c4ccc5c(c4)oc4ccccc45)cc3)c3ccc4ccccc4c3)cc2)cc1. The molecule has 49 heavy (non-hydrogen) atoms.